The molecule has 130 valence electrons. The summed E-state index contributed by atoms with van der Waals surface area (Å²) in [6.45, 7) is 0. The van der Waals surface area contributed by atoms with Gasteiger partial charge in [-0.2, -0.15) is 5.10 Å². The fourth-order valence-electron chi connectivity index (χ4n) is 2.19. The molecule has 0 aliphatic carbocycles. The van der Waals surface area contributed by atoms with Crippen LogP contribution < -0.4 is 5.43 Å². The number of nitro groups is 1. The summed E-state index contributed by atoms with van der Waals surface area (Å²) in [5.41, 5.74) is 3.17. The predicted octanol–water partition coefficient (Wildman–Crippen LogP) is 4.27. The van der Waals surface area contributed by atoms with Gasteiger partial charge < -0.3 is 4.42 Å². The van der Waals surface area contributed by atoms with E-state index < -0.39 is 4.92 Å². The van der Waals surface area contributed by atoms with Crippen LogP contribution in [0.3, 0.4) is 0 Å². The summed E-state index contributed by atoms with van der Waals surface area (Å²) in [7, 11) is 0. The summed E-state index contributed by atoms with van der Waals surface area (Å²) in [5, 5.41) is 15.1. The van der Waals surface area contributed by atoms with E-state index in [-0.39, 0.29) is 11.6 Å². The molecule has 0 fully saturated rings. The molecule has 0 unspecified atom stereocenters. The Bertz CT molecular complexity index is 983. The van der Waals surface area contributed by atoms with Crippen LogP contribution in [-0.4, -0.2) is 17.0 Å². The summed E-state index contributed by atoms with van der Waals surface area (Å²) >= 11 is 6.09. The fourth-order valence-corrected chi connectivity index (χ4v) is 2.40. The second kappa shape index (κ2) is 7.62. The van der Waals surface area contributed by atoms with Crippen molar-refractivity contribution in [1.82, 2.24) is 5.43 Å². The number of carbonyl (C=O) groups excluding carboxylic acids is 1. The zero-order valence-electron chi connectivity index (χ0n) is 13.3. The van der Waals surface area contributed by atoms with Gasteiger partial charge in [-0.25, -0.2) is 5.43 Å². The number of rotatable bonds is 5. The summed E-state index contributed by atoms with van der Waals surface area (Å²) < 4.78 is 5.57. The molecule has 1 amide bonds. The standard InChI is InChI=1S/C18H12ClN3O4/c19-16-8-6-13(22(24)25)10-15(16)17-9-7-14(26-17)11-20-21-18(23)12-4-2-1-3-5-12/h1-11H,(H,21,23)/b20-11-. The molecular formula is C18H12ClN3O4. The monoisotopic (exact) mass is 369 g/mol. The molecule has 0 saturated carbocycles. The highest BCUT2D eigenvalue weighted by Crippen LogP contribution is 2.32. The molecule has 0 spiro atoms. The number of nitro benzene ring substituents is 1. The van der Waals surface area contributed by atoms with Crippen molar-refractivity contribution < 1.29 is 14.1 Å². The molecule has 0 radical (unpaired) electrons. The van der Waals surface area contributed by atoms with E-state index in [9.17, 15) is 14.9 Å². The van der Waals surface area contributed by atoms with Gasteiger partial charge in [0.2, 0.25) is 0 Å². The predicted molar refractivity (Wildman–Crippen MR) is 97.3 cm³/mol. The number of non-ortho nitro benzene ring substituents is 1. The zero-order chi connectivity index (χ0) is 18.5. The van der Waals surface area contributed by atoms with Crippen molar-refractivity contribution in [2.24, 2.45) is 5.10 Å². The third kappa shape index (κ3) is 3.96. The van der Waals surface area contributed by atoms with E-state index >= 15 is 0 Å². The van der Waals surface area contributed by atoms with E-state index in [0.717, 1.165) is 0 Å². The Morgan fingerprint density at radius 2 is 1.92 bits per heavy atom. The average Bonchev–Trinajstić information content (AvgIpc) is 3.11. The first-order valence-electron chi connectivity index (χ1n) is 7.47. The van der Waals surface area contributed by atoms with Crippen LogP contribution in [0.15, 0.2) is 70.2 Å². The Morgan fingerprint density at radius 3 is 2.65 bits per heavy atom. The molecule has 7 nitrogen and oxygen atoms in total. The number of nitrogens with zero attached hydrogens (tertiary/aromatic N) is 2. The van der Waals surface area contributed by atoms with Gasteiger partial charge in [0.25, 0.3) is 11.6 Å². The van der Waals surface area contributed by atoms with Crippen molar-refractivity contribution in [2.45, 2.75) is 0 Å². The van der Waals surface area contributed by atoms with Crippen molar-refractivity contribution in [1.29, 1.82) is 0 Å². The Balaban J connectivity index is 1.73. The van der Waals surface area contributed by atoms with Crippen LogP contribution in [-0.2, 0) is 0 Å². The van der Waals surface area contributed by atoms with Crippen molar-refractivity contribution in [3.63, 3.8) is 0 Å². The molecule has 1 heterocycles. The van der Waals surface area contributed by atoms with Crippen molar-refractivity contribution in [3.8, 4) is 11.3 Å². The lowest BCUT2D eigenvalue weighted by Gasteiger charge is -2.00. The molecule has 3 rings (SSSR count). The highest BCUT2D eigenvalue weighted by Gasteiger charge is 2.14. The van der Waals surface area contributed by atoms with Crippen LogP contribution in [0.4, 0.5) is 5.69 Å². The molecule has 0 aliphatic rings. The van der Waals surface area contributed by atoms with Gasteiger partial charge in [-0.15, -0.1) is 0 Å². The first-order chi connectivity index (χ1) is 12.5. The summed E-state index contributed by atoms with van der Waals surface area (Å²) in [6.07, 6.45) is 1.33. The molecule has 1 N–H and O–H groups in total. The van der Waals surface area contributed by atoms with Gasteiger partial charge in [0.1, 0.15) is 11.5 Å². The topological polar surface area (TPSA) is 97.7 Å². The van der Waals surface area contributed by atoms with E-state index in [4.69, 9.17) is 16.0 Å². The highest BCUT2D eigenvalue weighted by molar-refractivity contribution is 6.33. The third-order valence-corrected chi connectivity index (χ3v) is 3.78. The number of furan rings is 1. The number of hydrogen-bond donors (Lipinski definition) is 1. The fraction of sp³-hybridized carbons (Fsp3) is 0. The molecule has 0 bridgehead atoms. The molecule has 0 aliphatic heterocycles. The number of carbonyl (C=O) groups is 1. The van der Waals surface area contributed by atoms with E-state index in [2.05, 4.69) is 10.5 Å². The Morgan fingerprint density at radius 1 is 1.15 bits per heavy atom. The van der Waals surface area contributed by atoms with Gasteiger partial charge >= 0.3 is 0 Å². The highest BCUT2D eigenvalue weighted by atomic mass is 35.5. The third-order valence-electron chi connectivity index (χ3n) is 3.45. The van der Waals surface area contributed by atoms with E-state index in [0.29, 0.717) is 27.7 Å². The summed E-state index contributed by atoms with van der Waals surface area (Å²) in [4.78, 5) is 22.3. The van der Waals surface area contributed by atoms with Crippen LogP contribution in [0.2, 0.25) is 5.02 Å². The lowest BCUT2D eigenvalue weighted by Crippen LogP contribution is -2.17. The van der Waals surface area contributed by atoms with Crippen LogP contribution in [0, 0.1) is 10.1 Å². The van der Waals surface area contributed by atoms with Gasteiger partial charge in [0.15, 0.2) is 0 Å². The number of nitrogens with one attached hydrogen (secondary N) is 1. The maximum Gasteiger partial charge on any atom is 0.271 e. The number of hydrazone groups is 1. The number of halogens is 1. The van der Waals surface area contributed by atoms with E-state index in [1.54, 1.807) is 36.4 Å². The number of hydrogen-bond acceptors (Lipinski definition) is 5. The molecule has 8 heteroatoms. The largest absolute Gasteiger partial charge is 0.455 e. The van der Waals surface area contributed by atoms with E-state index in [1.807, 2.05) is 6.07 Å². The van der Waals surface area contributed by atoms with Gasteiger partial charge in [-0.05, 0) is 30.3 Å². The first-order valence-corrected chi connectivity index (χ1v) is 7.85. The zero-order valence-corrected chi connectivity index (χ0v) is 14.0. The van der Waals surface area contributed by atoms with Crippen molar-refractivity contribution in [3.05, 3.63) is 87.1 Å². The normalized spacial score (nSPS) is 10.8. The lowest BCUT2D eigenvalue weighted by atomic mass is 10.1. The average molecular weight is 370 g/mol. The maximum absolute atomic E-state index is 11.9. The molecule has 1 aromatic heterocycles. The van der Waals surface area contributed by atoms with Crippen molar-refractivity contribution in [2.75, 3.05) is 0 Å². The summed E-state index contributed by atoms with van der Waals surface area (Å²) in [5.74, 6) is 0.362. The molecular weight excluding hydrogens is 358 g/mol. The van der Waals surface area contributed by atoms with Gasteiger partial charge in [-0.1, -0.05) is 29.8 Å². The number of benzene rings is 2. The van der Waals surface area contributed by atoms with Crippen LogP contribution in [0.5, 0.6) is 0 Å². The van der Waals surface area contributed by atoms with Gasteiger partial charge in [0.05, 0.1) is 16.2 Å². The minimum atomic E-state index is -0.510. The first kappa shape index (κ1) is 17.4. The summed E-state index contributed by atoms with van der Waals surface area (Å²) in [6, 6.07) is 16.0. The smallest absolute Gasteiger partial charge is 0.271 e. The quantitative estimate of drug-likeness (QED) is 0.412. The SMILES string of the molecule is O=C(N/N=C\c1ccc(-c2cc([N+](=O)[O-])ccc2Cl)o1)c1ccccc1. The molecule has 26 heavy (non-hydrogen) atoms. The molecule has 2 aromatic carbocycles. The second-order valence-corrected chi connectivity index (χ2v) is 5.60. The molecule has 3 aromatic rings. The lowest BCUT2D eigenvalue weighted by molar-refractivity contribution is -0.384. The van der Waals surface area contributed by atoms with Crippen LogP contribution >= 0.6 is 11.6 Å². The Hall–Kier alpha value is -3.45. The molecule has 0 atom stereocenters. The minimum Gasteiger partial charge on any atom is -0.455 e. The minimum absolute atomic E-state index is 0.0915. The van der Waals surface area contributed by atoms with Gasteiger partial charge in [0, 0.05) is 23.3 Å². The Kier molecular flexibility index (Phi) is 5.09. The number of amides is 1. The molecule has 0 saturated heterocycles. The van der Waals surface area contributed by atoms with Crippen molar-refractivity contribution >= 4 is 29.4 Å². The Labute approximate surface area is 153 Å². The van der Waals surface area contributed by atoms with E-state index in [1.165, 1.54) is 24.4 Å². The van der Waals surface area contributed by atoms with Crippen LogP contribution in [0.1, 0.15) is 16.1 Å². The maximum atomic E-state index is 11.9. The van der Waals surface area contributed by atoms with Crippen LogP contribution in [0.25, 0.3) is 11.3 Å². The van der Waals surface area contributed by atoms with Gasteiger partial charge in [-0.3, -0.25) is 14.9 Å². The second-order valence-electron chi connectivity index (χ2n) is 5.19.